The van der Waals surface area contributed by atoms with Crippen LogP contribution in [0.4, 0.5) is 10.1 Å². The summed E-state index contributed by atoms with van der Waals surface area (Å²) in [7, 11) is 0. The predicted molar refractivity (Wildman–Crippen MR) is 105 cm³/mol. The van der Waals surface area contributed by atoms with Crippen molar-refractivity contribution in [1.29, 1.82) is 0 Å². The first kappa shape index (κ1) is 19.4. The number of carbonyl (C=O) groups is 1. The minimum Gasteiger partial charge on any atom is -0.338 e. The zero-order chi connectivity index (χ0) is 19.4. The van der Waals surface area contributed by atoms with Gasteiger partial charge in [-0.05, 0) is 37.6 Å². The van der Waals surface area contributed by atoms with Crippen molar-refractivity contribution in [1.82, 2.24) is 10.1 Å². The van der Waals surface area contributed by atoms with Crippen molar-refractivity contribution in [2.45, 2.75) is 24.9 Å². The number of halogens is 2. The second-order valence-electron chi connectivity index (χ2n) is 5.90. The first-order valence-corrected chi connectivity index (χ1v) is 9.63. The second kappa shape index (κ2) is 8.54. The summed E-state index contributed by atoms with van der Waals surface area (Å²) in [6.45, 7) is 3.47. The average Bonchev–Trinajstić information content (AvgIpc) is 3.13. The molecule has 27 heavy (non-hydrogen) atoms. The molecule has 0 aliphatic carbocycles. The van der Waals surface area contributed by atoms with Gasteiger partial charge in [-0.3, -0.25) is 4.79 Å². The molecule has 1 unspecified atom stereocenters. The summed E-state index contributed by atoms with van der Waals surface area (Å²) < 4.78 is 18.9. The van der Waals surface area contributed by atoms with E-state index in [1.807, 2.05) is 0 Å². The zero-order valence-electron chi connectivity index (χ0n) is 14.7. The van der Waals surface area contributed by atoms with Gasteiger partial charge in [-0.1, -0.05) is 41.0 Å². The Kier molecular flexibility index (Phi) is 6.13. The van der Waals surface area contributed by atoms with Crippen LogP contribution in [0.5, 0.6) is 0 Å². The average molecular weight is 406 g/mol. The number of hydrogen-bond acceptors (Lipinski definition) is 5. The van der Waals surface area contributed by atoms with Gasteiger partial charge in [0.25, 0.3) is 0 Å². The summed E-state index contributed by atoms with van der Waals surface area (Å²) >= 11 is 7.40. The first-order valence-electron chi connectivity index (χ1n) is 8.20. The highest BCUT2D eigenvalue weighted by molar-refractivity contribution is 7.99. The van der Waals surface area contributed by atoms with Gasteiger partial charge >= 0.3 is 0 Å². The predicted octanol–water partition coefficient (Wildman–Crippen LogP) is 5.10. The number of aryl methyl sites for hydroxylation is 1. The van der Waals surface area contributed by atoms with Crippen LogP contribution in [-0.2, 0) is 10.5 Å². The first-order chi connectivity index (χ1) is 12.9. The van der Waals surface area contributed by atoms with E-state index in [1.54, 1.807) is 50.2 Å². The molecule has 0 radical (unpaired) electrons. The minimum absolute atomic E-state index is 0.173. The molecule has 3 aromatic rings. The highest BCUT2D eigenvalue weighted by atomic mass is 35.5. The maximum absolute atomic E-state index is 13.7. The van der Waals surface area contributed by atoms with Crippen LogP contribution in [-0.4, -0.2) is 21.3 Å². The van der Waals surface area contributed by atoms with Gasteiger partial charge in [0.05, 0.1) is 21.7 Å². The number of thioether (sulfide) groups is 1. The van der Waals surface area contributed by atoms with Gasteiger partial charge < -0.3 is 9.84 Å². The minimum atomic E-state index is -0.353. The second-order valence-corrected chi connectivity index (χ2v) is 7.63. The van der Waals surface area contributed by atoms with Crippen molar-refractivity contribution in [3.8, 4) is 11.4 Å². The van der Waals surface area contributed by atoms with Gasteiger partial charge in [0.1, 0.15) is 5.82 Å². The Hall–Kier alpha value is -2.38. The molecular formula is C19H17ClFN3O2S. The summed E-state index contributed by atoms with van der Waals surface area (Å²) in [6.07, 6.45) is 0. The number of aromatic nitrogens is 2. The van der Waals surface area contributed by atoms with Crippen LogP contribution < -0.4 is 5.32 Å². The molecule has 1 N–H and O–H groups in total. The van der Waals surface area contributed by atoms with Gasteiger partial charge in [-0.25, -0.2) is 4.39 Å². The van der Waals surface area contributed by atoms with Crippen LogP contribution in [0.15, 0.2) is 47.0 Å². The van der Waals surface area contributed by atoms with Gasteiger partial charge in [0.15, 0.2) is 0 Å². The number of carbonyl (C=O) groups excluding carboxylic acids is 1. The van der Waals surface area contributed by atoms with Crippen LogP contribution in [0.1, 0.15) is 18.4 Å². The highest BCUT2D eigenvalue weighted by Crippen LogP contribution is 2.24. The van der Waals surface area contributed by atoms with Crippen molar-refractivity contribution < 1.29 is 13.7 Å². The van der Waals surface area contributed by atoms with E-state index in [4.69, 9.17) is 16.1 Å². The van der Waals surface area contributed by atoms with Gasteiger partial charge in [0, 0.05) is 5.56 Å². The maximum atomic E-state index is 13.7. The summed E-state index contributed by atoms with van der Waals surface area (Å²) in [5, 5.41) is 6.79. The molecule has 0 saturated heterocycles. The number of hydrogen-bond donors (Lipinski definition) is 1. The van der Waals surface area contributed by atoms with E-state index in [0.29, 0.717) is 39.3 Å². The van der Waals surface area contributed by atoms with Gasteiger partial charge in [0.2, 0.25) is 17.6 Å². The molecule has 2 aromatic carbocycles. The fourth-order valence-electron chi connectivity index (χ4n) is 2.23. The lowest BCUT2D eigenvalue weighted by molar-refractivity contribution is -0.115. The largest absolute Gasteiger partial charge is 0.338 e. The molecule has 140 valence electrons. The quantitative estimate of drug-likeness (QED) is 0.618. The molecule has 1 aromatic heterocycles. The lowest BCUT2D eigenvalue weighted by Gasteiger charge is -2.11. The summed E-state index contributed by atoms with van der Waals surface area (Å²) in [5.41, 5.74) is 1.66. The Balaban J connectivity index is 1.58. The molecule has 1 amide bonds. The van der Waals surface area contributed by atoms with Crippen molar-refractivity contribution >= 4 is 35.0 Å². The van der Waals surface area contributed by atoms with E-state index >= 15 is 0 Å². The van der Waals surface area contributed by atoms with Crippen molar-refractivity contribution in [3.05, 3.63) is 64.8 Å². The van der Waals surface area contributed by atoms with E-state index in [-0.39, 0.29) is 17.0 Å². The van der Waals surface area contributed by atoms with Gasteiger partial charge in [-0.2, -0.15) is 4.98 Å². The standard InChI is InChI=1S/C19H17ClFN3O2S/c1-11-7-8-13(9-15(11)21)18-23-17(26-24-18)10-27-12(2)19(25)22-16-6-4-3-5-14(16)20/h3-9,12H,10H2,1-2H3,(H,22,25). The smallest absolute Gasteiger partial charge is 0.237 e. The maximum Gasteiger partial charge on any atom is 0.237 e. The molecule has 1 heterocycles. The van der Waals surface area contributed by atoms with E-state index < -0.39 is 0 Å². The molecular weight excluding hydrogens is 389 g/mol. The molecule has 0 aliphatic heterocycles. The van der Waals surface area contributed by atoms with Crippen molar-refractivity contribution in [2.24, 2.45) is 0 Å². The normalized spacial score (nSPS) is 12.0. The number of nitrogens with zero attached hydrogens (tertiary/aromatic N) is 2. The summed E-state index contributed by atoms with van der Waals surface area (Å²) in [5.74, 6) is 0.552. The number of benzene rings is 2. The van der Waals surface area contributed by atoms with Crippen LogP contribution >= 0.6 is 23.4 Å². The highest BCUT2D eigenvalue weighted by Gasteiger charge is 2.17. The molecule has 1 atom stereocenters. The Bertz CT molecular complexity index is 964. The molecule has 0 spiro atoms. The number of anilines is 1. The third kappa shape index (κ3) is 4.87. The topological polar surface area (TPSA) is 68.0 Å². The lowest BCUT2D eigenvalue weighted by Crippen LogP contribution is -2.22. The monoisotopic (exact) mass is 405 g/mol. The zero-order valence-corrected chi connectivity index (χ0v) is 16.3. The molecule has 0 fully saturated rings. The van der Waals surface area contributed by atoms with E-state index in [0.717, 1.165) is 0 Å². The van der Waals surface area contributed by atoms with Gasteiger partial charge in [-0.15, -0.1) is 11.8 Å². The van der Waals surface area contributed by atoms with E-state index in [1.165, 1.54) is 17.8 Å². The molecule has 8 heteroatoms. The number of para-hydroxylation sites is 1. The third-order valence-corrected chi connectivity index (χ3v) is 5.31. The van der Waals surface area contributed by atoms with E-state index in [9.17, 15) is 9.18 Å². The van der Waals surface area contributed by atoms with E-state index in [2.05, 4.69) is 15.5 Å². The Labute approximate surface area is 165 Å². The van der Waals surface area contributed by atoms with Crippen LogP contribution in [0, 0.1) is 12.7 Å². The molecule has 0 bridgehead atoms. The number of amides is 1. The van der Waals surface area contributed by atoms with Crippen LogP contribution in [0.2, 0.25) is 5.02 Å². The Morgan fingerprint density at radius 2 is 2.11 bits per heavy atom. The lowest BCUT2D eigenvalue weighted by atomic mass is 10.1. The van der Waals surface area contributed by atoms with Crippen molar-refractivity contribution in [2.75, 3.05) is 5.32 Å². The number of nitrogens with one attached hydrogen (secondary N) is 1. The molecule has 0 saturated carbocycles. The summed E-state index contributed by atoms with van der Waals surface area (Å²) in [6, 6.07) is 11.8. The SMILES string of the molecule is Cc1ccc(-c2noc(CSC(C)C(=O)Nc3ccccc3Cl)n2)cc1F. The summed E-state index contributed by atoms with van der Waals surface area (Å²) in [4.78, 5) is 16.5. The molecule has 0 aliphatic rings. The Morgan fingerprint density at radius 1 is 1.33 bits per heavy atom. The molecule has 5 nitrogen and oxygen atoms in total. The number of rotatable bonds is 6. The Morgan fingerprint density at radius 3 is 2.85 bits per heavy atom. The third-order valence-electron chi connectivity index (χ3n) is 3.86. The fourth-order valence-corrected chi connectivity index (χ4v) is 3.13. The van der Waals surface area contributed by atoms with Crippen LogP contribution in [0.3, 0.4) is 0 Å². The van der Waals surface area contributed by atoms with Crippen molar-refractivity contribution in [3.63, 3.8) is 0 Å². The fraction of sp³-hybridized carbons (Fsp3) is 0.211. The van der Waals surface area contributed by atoms with Crippen LogP contribution in [0.25, 0.3) is 11.4 Å². The molecule has 3 rings (SSSR count).